The van der Waals surface area contributed by atoms with Gasteiger partial charge in [-0.3, -0.25) is 0 Å². The molecular weight excluding hydrogens is 306 g/mol. The maximum absolute atomic E-state index is 10.5. The Morgan fingerprint density at radius 2 is 2.15 bits per heavy atom. The van der Waals surface area contributed by atoms with Crippen molar-refractivity contribution in [3.63, 3.8) is 0 Å². The maximum Gasteiger partial charge on any atom is 0.365 e. The van der Waals surface area contributed by atoms with Crippen LogP contribution in [0.2, 0.25) is 0 Å². The summed E-state index contributed by atoms with van der Waals surface area (Å²) in [5, 5.41) is 0. The van der Waals surface area contributed by atoms with Crippen molar-refractivity contribution in [3.8, 4) is 11.5 Å². The van der Waals surface area contributed by atoms with Crippen LogP contribution in [0.5, 0.6) is 11.5 Å². The van der Waals surface area contributed by atoms with Gasteiger partial charge in [0.1, 0.15) is 0 Å². The second-order valence-corrected chi connectivity index (χ2v) is 3.57. The van der Waals surface area contributed by atoms with Crippen molar-refractivity contribution in [2.24, 2.45) is 0 Å². The van der Waals surface area contributed by atoms with E-state index in [0.717, 1.165) is 5.56 Å². The minimum Gasteiger partial charge on any atom is -0.424 e. The van der Waals surface area contributed by atoms with Gasteiger partial charge in [-0.2, -0.15) is 0 Å². The zero-order valence-corrected chi connectivity index (χ0v) is 9.94. The molecule has 0 amide bonds. The molecule has 13 heavy (non-hydrogen) atoms. The van der Waals surface area contributed by atoms with E-state index in [0.29, 0.717) is 11.5 Å². The Balaban J connectivity index is 3.01. The largest absolute Gasteiger partial charge is 0.424 e. The predicted octanol–water partition coefficient (Wildman–Crippen LogP) is 2.48. The van der Waals surface area contributed by atoms with Crippen molar-refractivity contribution in [1.29, 1.82) is 0 Å². The van der Waals surface area contributed by atoms with Crippen molar-refractivity contribution in [1.82, 2.24) is 0 Å². The first-order valence-corrected chi connectivity index (χ1v) is 5.58. The van der Waals surface area contributed by atoms with Crippen molar-refractivity contribution >= 4 is 31.3 Å². The summed E-state index contributed by atoms with van der Waals surface area (Å²) in [6.45, 7) is 1.86. The highest BCUT2D eigenvalue weighted by Gasteiger charge is 2.06. The summed E-state index contributed by atoms with van der Waals surface area (Å²) in [4.78, 5) is 8.58. The molecule has 1 N–H and O–H groups in total. The van der Waals surface area contributed by atoms with E-state index in [-0.39, 0.29) is 0 Å². The number of hydrogen-bond acceptors (Lipinski definition) is 3. The fourth-order valence-electron chi connectivity index (χ4n) is 0.853. The molecule has 0 bridgehead atoms. The molecule has 4 nitrogen and oxygen atoms in total. The van der Waals surface area contributed by atoms with Crippen LogP contribution in [0.15, 0.2) is 18.2 Å². The standard InChI is InChI=1S/C7H8IO4P/c1-5-2-3-6(11-8)7(4-5)12-13(9)10/h2-4,13H,1H3,(H,9,10). The van der Waals surface area contributed by atoms with Gasteiger partial charge in [0.2, 0.25) is 0 Å². The lowest BCUT2D eigenvalue weighted by Crippen LogP contribution is -1.85. The Labute approximate surface area is 90.5 Å². The molecule has 0 saturated carbocycles. The maximum atomic E-state index is 10.5. The van der Waals surface area contributed by atoms with Crippen LogP contribution in [0, 0.1) is 6.92 Å². The number of hydrogen-bond donors (Lipinski definition) is 1. The number of aryl methyl sites for hydroxylation is 1. The van der Waals surface area contributed by atoms with Gasteiger partial charge in [-0.05, 0) is 24.6 Å². The van der Waals surface area contributed by atoms with Crippen LogP contribution in [-0.4, -0.2) is 4.89 Å². The molecule has 0 spiro atoms. The molecule has 1 aromatic carbocycles. The Hall–Kier alpha value is -0.260. The minimum atomic E-state index is -2.97. The van der Waals surface area contributed by atoms with E-state index in [4.69, 9.17) is 7.96 Å². The third kappa shape index (κ3) is 3.17. The van der Waals surface area contributed by atoms with Gasteiger partial charge in [0.05, 0.1) is 0 Å². The van der Waals surface area contributed by atoms with Gasteiger partial charge < -0.3 is 12.5 Å². The molecular formula is C7H8IO4P. The van der Waals surface area contributed by atoms with Crippen LogP contribution >= 0.6 is 31.3 Å². The predicted molar refractivity (Wildman–Crippen MR) is 57.7 cm³/mol. The molecule has 0 radical (unpaired) electrons. The Morgan fingerprint density at radius 1 is 1.46 bits per heavy atom. The van der Waals surface area contributed by atoms with Crippen LogP contribution in [0.25, 0.3) is 0 Å². The van der Waals surface area contributed by atoms with E-state index in [9.17, 15) is 4.57 Å². The van der Waals surface area contributed by atoms with Crippen LogP contribution in [0.1, 0.15) is 5.56 Å². The second kappa shape index (κ2) is 4.83. The molecule has 0 aliphatic carbocycles. The highest BCUT2D eigenvalue weighted by Crippen LogP contribution is 2.34. The summed E-state index contributed by atoms with van der Waals surface area (Å²) in [5.74, 6) is 0.736. The second-order valence-electron chi connectivity index (χ2n) is 2.40. The molecule has 0 heterocycles. The summed E-state index contributed by atoms with van der Waals surface area (Å²) in [5.41, 5.74) is 0.940. The summed E-state index contributed by atoms with van der Waals surface area (Å²) in [7, 11) is -2.97. The highest BCUT2D eigenvalue weighted by molar-refractivity contribution is 14.1. The minimum absolute atomic E-state index is 0.292. The molecule has 1 atom stereocenters. The number of halogens is 1. The number of benzene rings is 1. The van der Waals surface area contributed by atoms with E-state index in [2.05, 4.69) is 4.52 Å². The fraction of sp³-hybridized carbons (Fsp3) is 0.143. The molecule has 6 heteroatoms. The van der Waals surface area contributed by atoms with Gasteiger partial charge in [0, 0.05) is 0 Å². The monoisotopic (exact) mass is 314 g/mol. The molecule has 1 aromatic rings. The normalized spacial score (nSPS) is 12.2. The van der Waals surface area contributed by atoms with Crippen molar-refractivity contribution < 1.29 is 17.0 Å². The lowest BCUT2D eigenvalue weighted by molar-refractivity contribution is 0.406. The van der Waals surface area contributed by atoms with E-state index >= 15 is 0 Å². The van der Waals surface area contributed by atoms with Crippen LogP contribution in [0.3, 0.4) is 0 Å². The first kappa shape index (κ1) is 10.8. The zero-order valence-electron chi connectivity index (χ0n) is 6.78. The Bertz CT molecular complexity index is 328. The van der Waals surface area contributed by atoms with Gasteiger partial charge in [-0.15, -0.1) is 0 Å². The average molecular weight is 314 g/mol. The lowest BCUT2D eigenvalue weighted by atomic mass is 10.2. The molecule has 1 rings (SSSR count). The van der Waals surface area contributed by atoms with Crippen LogP contribution in [0.4, 0.5) is 0 Å². The number of rotatable bonds is 3. The van der Waals surface area contributed by atoms with Gasteiger partial charge in [-0.1, -0.05) is 6.07 Å². The van der Waals surface area contributed by atoms with Crippen molar-refractivity contribution in [2.75, 3.05) is 0 Å². The first-order chi connectivity index (χ1) is 6.13. The molecule has 0 aliphatic heterocycles. The Kier molecular flexibility index (Phi) is 4.02. The topological polar surface area (TPSA) is 55.8 Å². The van der Waals surface area contributed by atoms with Gasteiger partial charge in [0.25, 0.3) is 0 Å². The van der Waals surface area contributed by atoms with Crippen LogP contribution in [-0.2, 0) is 4.57 Å². The molecule has 0 aromatic heterocycles. The first-order valence-electron chi connectivity index (χ1n) is 3.43. The smallest absolute Gasteiger partial charge is 0.365 e. The molecule has 0 aliphatic rings. The fourth-order valence-corrected chi connectivity index (χ4v) is 1.56. The summed E-state index contributed by atoms with van der Waals surface area (Å²) >= 11 is 1.69. The average Bonchev–Trinajstić information content (AvgIpc) is 2.03. The summed E-state index contributed by atoms with van der Waals surface area (Å²) < 4.78 is 20.1. The molecule has 0 fully saturated rings. The Morgan fingerprint density at radius 3 is 2.69 bits per heavy atom. The lowest BCUT2D eigenvalue weighted by Gasteiger charge is -2.06. The van der Waals surface area contributed by atoms with E-state index < -0.39 is 8.25 Å². The van der Waals surface area contributed by atoms with Crippen molar-refractivity contribution in [2.45, 2.75) is 6.92 Å². The quantitative estimate of drug-likeness (QED) is 0.688. The van der Waals surface area contributed by atoms with E-state index in [1.54, 1.807) is 35.1 Å². The molecule has 1 unspecified atom stereocenters. The van der Waals surface area contributed by atoms with E-state index in [1.165, 1.54) is 0 Å². The SMILES string of the molecule is Cc1ccc(OI)c(O[PH](=O)O)c1. The third-order valence-corrected chi connectivity index (χ3v) is 2.25. The van der Waals surface area contributed by atoms with Gasteiger partial charge >= 0.3 is 8.25 Å². The van der Waals surface area contributed by atoms with Crippen LogP contribution < -0.4 is 7.59 Å². The van der Waals surface area contributed by atoms with Gasteiger partial charge in [0.15, 0.2) is 34.5 Å². The summed E-state index contributed by atoms with van der Waals surface area (Å²) in [6.07, 6.45) is 0. The molecule has 72 valence electrons. The van der Waals surface area contributed by atoms with Crippen molar-refractivity contribution in [3.05, 3.63) is 23.8 Å². The zero-order chi connectivity index (χ0) is 9.84. The molecule has 0 saturated heterocycles. The van der Waals surface area contributed by atoms with E-state index in [1.807, 2.05) is 13.0 Å². The highest BCUT2D eigenvalue weighted by atomic mass is 127. The third-order valence-electron chi connectivity index (χ3n) is 1.38. The van der Waals surface area contributed by atoms with Gasteiger partial charge in [-0.25, -0.2) is 4.57 Å². The summed E-state index contributed by atoms with van der Waals surface area (Å²) in [6, 6.07) is 5.16.